The van der Waals surface area contributed by atoms with Crippen LogP contribution in [0.4, 0.5) is 5.95 Å². The van der Waals surface area contributed by atoms with Crippen molar-refractivity contribution in [3.63, 3.8) is 0 Å². The van der Waals surface area contributed by atoms with E-state index in [9.17, 15) is 4.79 Å². The van der Waals surface area contributed by atoms with E-state index in [1.54, 1.807) is 23.6 Å². The minimum absolute atomic E-state index is 0.0955. The van der Waals surface area contributed by atoms with Gasteiger partial charge >= 0.3 is 0 Å². The normalized spacial score (nSPS) is 15.1. The summed E-state index contributed by atoms with van der Waals surface area (Å²) in [6.07, 6.45) is 1.79. The summed E-state index contributed by atoms with van der Waals surface area (Å²) in [6.45, 7) is 3.55. The molecule has 1 aliphatic heterocycles. The highest BCUT2D eigenvalue weighted by atomic mass is 16.5. The molecule has 1 aromatic carbocycles. The van der Waals surface area contributed by atoms with Crippen molar-refractivity contribution in [2.45, 2.75) is 32.6 Å². The van der Waals surface area contributed by atoms with Crippen molar-refractivity contribution in [2.75, 3.05) is 18.6 Å². The second-order valence-corrected chi connectivity index (χ2v) is 5.43. The second-order valence-electron chi connectivity index (χ2n) is 5.43. The summed E-state index contributed by atoms with van der Waals surface area (Å²) >= 11 is 0. The number of hydrogen-bond donors (Lipinski definition) is 0. The third kappa shape index (κ3) is 3.34. The first-order chi connectivity index (χ1) is 11.2. The SMILES string of the molecule is COc1cccc(CO[C@@H](C)C(=O)N2CCCn3ncnc32)c1. The van der Waals surface area contributed by atoms with E-state index in [0.717, 1.165) is 24.3 Å². The Morgan fingerprint density at radius 2 is 2.26 bits per heavy atom. The number of rotatable bonds is 5. The molecule has 1 aromatic heterocycles. The molecule has 1 aliphatic rings. The minimum atomic E-state index is -0.551. The molecule has 1 amide bonds. The van der Waals surface area contributed by atoms with Crippen LogP contribution in [0.15, 0.2) is 30.6 Å². The van der Waals surface area contributed by atoms with Crippen LogP contribution in [0.3, 0.4) is 0 Å². The predicted octanol–water partition coefficient (Wildman–Crippen LogP) is 1.63. The van der Waals surface area contributed by atoms with Crippen molar-refractivity contribution in [1.82, 2.24) is 14.8 Å². The Bertz CT molecular complexity index is 685. The summed E-state index contributed by atoms with van der Waals surface area (Å²) in [5.74, 6) is 1.27. The molecule has 2 heterocycles. The quantitative estimate of drug-likeness (QED) is 0.838. The largest absolute Gasteiger partial charge is 0.497 e. The van der Waals surface area contributed by atoms with Crippen molar-refractivity contribution < 1.29 is 14.3 Å². The number of carbonyl (C=O) groups excluding carboxylic acids is 1. The van der Waals surface area contributed by atoms with E-state index in [1.165, 1.54) is 6.33 Å². The highest BCUT2D eigenvalue weighted by Crippen LogP contribution is 2.19. The minimum Gasteiger partial charge on any atom is -0.497 e. The smallest absolute Gasteiger partial charge is 0.258 e. The van der Waals surface area contributed by atoms with E-state index >= 15 is 0 Å². The van der Waals surface area contributed by atoms with E-state index in [4.69, 9.17) is 9.47 Å². The van der Waals surface area contributed by atoms with Crippen LogP contribution in [0, 0.1) is 0 Å². The van der Waals surface area contributed by atoms with Crippen molar-refractivity contribution >= 4 is 11.9 Å². The molecule has 0 unspecified atom stereocenters. The van der Waals surface area contributed by atoms with Gasteiger partial charge in [-0.2, -0.15) is 10.1 Å². The van der Waals surface area contributed by atoms with E-state index in [0.29, 0.717) is 19.1 Å². The van der Waals surface area contributed by atoms with E-state index in [1.807, 2.05) is 24.3 Å². The fraction of sp³-hybridized carbons (Fsp3) is 0.438. The van der Waals surface area contributed by atoms with Crippen LogP contribution in [-0.2, 0) is 22.7 Å². The number of anilines is 1. The van der Waals surface area contributed by atoms with E-state index < -0.39 is 6.10 Å². The van der Waals surface area contributed by atoms with Gasteiger partial charge in [-0.15, -0.1) is 0 Å². The van der Waals surface area contributed by atoms with Crippen molar-refractivity contribution in [1.29, 1.82) is 0 Å². The third-order valence-corrected chi connectivity index (χ3v) is 3.84. The van der Waals surface area contributed by atoms with Crippen LogP contribution in [0.5, 0.6) is 5.75 Å². The molecular weight excluding hydrogens is 296 g/mol. The molecule has 0 fully saturated rings. The number of methoxy groups -OCH3 is 1. The Kier molecular flexibility index (Phi) is 4.57. The van der Waals surface area contributed by atoms with Gasteiger partial charge in [0.05, 0.1) is 13.7 Å². The van der Waals surface area contributed by atoms with Gasteiger partial charge in [0, 0.05) is 13.1 Å². The number of hydrogen-bond acceptors (Lipinski definition) is 5. The number of nitrogens with zero attached hydrogens (tertiary/aromatic N) is 4. The first-order valence-electron chi connectivity index (χ1n) is 7.63. The van der Waals surface area contributed by atoms with Gasteiger partial charge in [-0.05, 0) is 31.0 Å². The number of carbonyl (C=O) groups is 1. The van der Waals surface area contributed by atoms with E-state index in [2.05, 4.69) is 10.1 Å². The second kappa shape index (κ2) is 6.78. The molecule has 2 aromatic rings. The van der Waals surface area contributed by atoms with Gasteiger partial charge < -0.3 is 9.47 Å². The molecule has 0 saturated carbocycles. The summed E-state index contributed by atoms with van der Waals surface area (Å²) < 4.78 is 12.7. The molecule has 7 nitrogen and oxygen atoms in total. The van der Waals surface area contributed by atoms with Gasteiger partial charge in [-0.3, -0.25) is 9.69 Å². The fourth-order valence-corrected chi connectivity index (χ4v) is 2.59. The first kappa shape index (κ1) is 15.5. The number of benzene rings is 1. The molecular formula is C16H20N4O3. The molecule has 23 heavy (non-hydrogen) atoms. The molecule has 0 radical (unpaired) electrons. The average Bonchev–Trinajstić information content (AvgIpc) is 3.07. The van der Waals surface area contributed by atoms with Crippen LogP contribution in [0.1, 0.15) is 18.9 Å². The van der Waals surface area contributed by atoms with Gasteiger partial charge in [0.1, 0.15) is 18.2 Å². The number of aromatic nitrogens is 3. The summed E-state index contributed by atoms with van der Waals surface area (Å²) in [5.41, 5.74) is 0.964. The molecule has 0 saturated heterocycles. The highest BCUT2D eigenvalue weighted by Gasteiger charge is 2.28. The Hall–Kier alpha value is -2.41. The summed E-state index contributed by atoms with van der Waals surface area (Å²) in [4.78, 5) is 18.4. The van der Waals surface area contributed by atoms with Gasteiger partial charge in [-0.25, -0.2) is 4.68 Å². The van der Waals surface area contributed by atoms with Crippen LogP contribution < -0.4 is 9.64 Å². The maximum atomic E-state index is 12.6. The zero-order valence-electron chi connectivity index (χ0n) is 13.3. The number of amides is 1. The predicted molar refractivity (Wildman–Crippen MR) is 84.2 cm³/mol. The molecule has 122 valence electrons. The molecule has 0 aliphatic carbocycles. The average molecular weight is 316 g/mol. The van der Waals surface area contributed by atoms with Gasteiger partial charge in [0.2, 0.25) is 5.95 Å². The van der Waals surface area contributed by atoms with Crippen LogP contribution >= 0.6 is 0 Å². The van der Waals surface area contributed by atoms with Gasteiger partial charge in [0.25, 0.3) is 5.91 Å². The maximum absolute atomic E-state index is 12.6. The number of aryl methyl sites for hydroxylation is 1. The fourth-order valence-electron chi connectivity index (χ4n) is 2.59. The lowest BCUT2D eigenvalue weighted by molar-refractivity contribution is -0.130. The summed E-state index contributed by atoms with van der Waals surface area (Å²) in [6, 6.07) is 7.61. The lowest BCUT2D eigenvalue weighted by atomic mass is 10.2. The molecule has 0 bridgehead atoms. The molecule has 0 N–H and O–H groups in total. The monoisotopic (exact) mass is 316 g/mol. The number of ether oxygens (including phenoxy) is 2. The molecule has 3 rings (SSSR count). The third-order valence-electron chi connectivity index (χ3n) is 3.84. The lowest BCUT2D eigenvalue weighted by Gasteiger charge is -2.28. The van der Waals surface area contributed by atoms with Gasteiger partial charge in [-0.1, -0.05) is 12.1 Å². The first-order valence-corrected chi connectivity index (χ1v) is 7.63. The molecule has 7 heteroatoms. The standard InChI is InChI=1S/C16H20N4O3/c1-12(23-10-13-5-3-6-14(9-13)22-2)15(21)19-7-4-8-20-16(19)17-11-18-20/h3,5-6,9,11-12H,4,7-8,10H2,1-2H3/t12-/m0/s1. The van der Waals surface area contributed by atoms with Crippen molar-refractivity contribution in [3.8, 4) is 5.75 Å². The summed E-state index contributed by atoms with van der Waals surface area (Å²) in [5, 5.41) is 4.12. The molecule has 1 atom stereocenters. The zero-order chi connectivity index (χ0) is 16.2. The highest BCUT2D eigenvalue weighted by molar-refractivity contribution is 5.95. The topological polar surface area (TPSA) is 69.5 Å². The maximum Gasteiger partial charge on any atom is 0.258 e. The van der Waals surface area contributed by atoms with Crippen molar-refractivity contribution in [2.24, 2.45) is 0 Å². The lowest BCUT2D eigenvalue weighted by Crippen LogP contribution is -2.43. The van der Waals surface area contributed by atoms with Crippen LogP contribution in [0.2, 0.25) is 0 Å². The zero-order valence-corrected chi connectivity index (χ0v) is 13.3. The number of fused-ring (bicyclic) bond motifs is 1. The van der Waals surface area contributed by atoms with Crippen LogP contribution in [-0.4, -0.2) is 40.4 Å². The van der Waals surface area contributed by atoms with Crippen LogP contribution in [0.25, 0.3) is 0 Å². The summed E-state index contributed by atoms with van der Waals surface area (Å²) in [7, 11) is 1.62. The van der Waals surface area contributed by atoms with Crippen molar-refractivity contribution in [3.05, 3.63) is 36.2 Å². The van der Waals surface area contributed by atoms with E-state index in [-0.39, 0.29) is 5.91 Å². The van der Waals surface area contributed by atoms with Gasteiger partial charge in [0.15, 0.2) is 0 Å². The Morgan fingerprint density at radius 1 is 1.39 bits per heavy atom. The Balaban J connectivity index is 1.62. The Labute approximate surface area is 134 Å². The molecule has 0 spiro atoms. The Morgan fingerprint density at radius 3 is 3.09 bits per heavy atom.